The first-order valence-corrected chi connectivity index (χ1v) is 6.68. The maximum Gasteiger partial charge on any atom is 0.0606 e. The summed E-state index contributed by atoms with van der Waals surface area (Å²) in [7, 11) is 0. The third kappa shape index (κ3) is 1.99. The monoisotopic (exact) mass is 336 g/mol. The molecule has 0 aliphatic carbocycles. The molecule has 0 aromatic heterocycles. The second-order valence-electron chi connectivity index (χ2n) is 4.33. The lowest BCUT2D eigenvalue weighted by atomic mass is 10.1. The van der Waals surface area contributed by atoms with Crippen molar-refractivity contribution in [3.8, 4) is 0 Å². The Kier molecular flexibility index (Phi) is 2.70. The van der Waals surface area contributed by atoms with Crippen LogP contribution < -0.4 is 10.6 Å². The van der Waals surface area contributed by atoms with Gasteiger partial charge in [0.15, 0.2) is 0 Å². The number of nitrogens with zero attached hydrogens (tertiary/aromatic N) is 1. The SMILES string of the molecule is Nc1cc(I)ccc1N1Cc2ccccc2C1. The molecule has 0 saturated heterocycles. The summed E-state index contributed by atoms with van der Waals surface area (Å²) in [4.78, 5) is 2.33. The van der Waals surface area contributed by atoms with Gasteiger partial charge in [-0.15, -0.1) is 0 Å². The number of benzene rings is 2. The highest BCUT2D eigenvalue weighted by atomic mass is 127. The third-order valence-corrected chi connectivity index (χ3v) is 3.84. The van der Waals surface area contributed by atoms with Crippen molar-refractivity contribution in [3.05, 3.63) is 57.2 Å². The molecule has 3 heteroatoms. The Morgan fingerprint density at radius 2 is 1.65 bits per heavy atom. The van der Waals surface area contributed by atoms with Crippen LogP contribution in [0.2, 0.25) is 0 Å². The van der Waals surface area contributed by atoms with Gasteiger partial charge in [-0.2, -0.15) is 0 Å². The van der Waals surface area contributed by atoms with Gasteiger partial charge >= 0.3 is 0 Å². The van der Waals surface area contributed by atoms with E-state index in [4.69, 9.17) is 5.73 Å². The molecule has 0 atom stereocenters. The first-order valence-electron chi connectivity index (χ1n) is 5.61. The van der Waals surface area contributed by atoms with Gasteiger partial charge in [-0.1, -0.05) is 24.3 Å². The van der Waals surface area contributed by atoms with Gasteiger partial charge in [0.2, 0.25) is 0 Å². The summed E-state index contributed by atoms with van der Waals surface area (Å²) < 4.78 is 1.18. The van der Waals surface area contributed by atoms with Gasteiger partial charge in [0, 0.05) is 16.7 Å². The molecule has 1 heterocycles. The van der Waals surface area contributed by atoms with Gasteiger partial charge in [-0.3, -0.25) is 0 Å². The normalized spacial score (nSPS) is 13.8. The van der Waals surface area contributed by atoms with Gasteiger partial charge in [0.25, 0.3) is 0 Å². The van der Waals surface area contributed by atoms with Crippen LogP contribution >= 0.6 is 22.6 Å². The molecule has 0 amide bonds. The van der Waals surface area contributed by atoms with Gasteiger partial charge < -0.3 is 10.6 Å². The van der Waals surface area contributed by atoms with E-state index in [1.54, 1.807) is 0 Å². The molecule has 0 radical (unpaired) electrons. The van der Waals surface area contributed by atoms with Gasteiger partial charge in [0.05, 0.1) is 11.4 Å². The fourth-order valence-corrected chi connectivity index (χ4v) is 2.83. The predicted octanol–water partition coefficient (Wildman–Crippen LogP) is 3.39. The van der Waals surface area contributed by atoms with E-state index in [1.165, 1.54) is 14.7 Å². The van der Waals surface area contributed by atoms with Crippen molar-refractivity contribution in [1.82, 2.24) is 0 Å². The smallest absolute Gasteiger partial charge is 0.0606 e. The van der Waals surface area contributed by atoms with Gasteiger partial charge in [-0.25, -0.2) is 0 Å². The second kappa shape index (κ2) is 4.22. The van der Waals surface area contributed by atoms with Crippen molar-refractivity contribution >= 4 is 34.0 Å². The molecule has 2 nitrogen and oxygen atoms in total. The summed E-state index contributed by atoms with van der Waals surface area (Å²) in [6.45, 7) is 1.92. The van der Waals surface area contributed by atoms with Crippen LogP contribution in [-0.2, 0) is 13.1 Å². The summed E-state index contributed by atoms with van der Waals surface area (Å²) in [6.07, 6.45) is 0. The highest BCUT2D eigenvalue weighted by molar-refractivity contribution is 14.1. The number of hydrogen-bond donors (Lipinski definition) is 1. The topological polar surface area (TPSA) is 29.3 Å². The molecule has 0 saturated carbocycles. The number of hydrogen-bond acceptors (Lipinski definition) is 2. The molecule has 2 aromatic rings. The Morgan fingerprint density at radius 1 is 1.00 bits per heavy atom. The van der Waals surface area contributed by atoms with Gasteiger partial charge in [-0.05, 0) is 51.9 Å². The first-order chi connectivity index (χ1) is 8.24. The van der Waals surface area contributed by atoms with E-state index in [9.17, 15) is 0 Å². The van der Waals surface area contributed by atoms with E-state index in [-0.39, 0.29) is 0 Å². The number of fused-ring (bicyclic) bond motifs is 1. The van der Waals surface area contributed by atoms with E-state index in [0.29, 0.717) is 0 Å². The number of halogens is 1. The highest BCUT2D eigenvalue weighted by Crippen LogP contribution is 2.32. The zero-order valence-corrected chi connectivity index (χ0v) is 11.5. The Balaban J connectivity index is 1.94. The molecule has 0 spiro atoms. The van der Waals surface area contributed by atoms with Crippen molar-refractivity contribution in [3.63, 3.8) is 0 Å². The molecule has 2 N–H and O–H groups in total. The van der Waals surface area contributed by atoms with E-state index < -0.39 is 0 Å². The third-order valence-electron chi connectivity index (χ3n) is 3.17. The average Bonchev–Trinajstić information content (AvgIpc) is 2.72. The quantitative estimate of drug-likeness (QED) is 0.639. The van der Waals surface area contributed by atoms with Crippen LogP contribution in [0.5, 0.6) is 0 Å². The lowest BCUT2D eigenvalue weighted by molar-refractivity contribution is 0.882. The van der Waals surface area contributed by atoms with Crippen LogP contribution in [0.4, 0.5) is 11.4 Å². The molecule has 17 heavy (non-hydrogen) atoms. The molecule has 1 aliphatic heterocycles. The Morgan fingerprint density at radius 3 is 2.24 bits per heavy atom. The van der Waals surface area contributed by atoms with Crippen LogP contribution in [0, 0.1) is 3.57 Å². The van der Waals surface area contributed by atoms with Crippen molar-refractivity contribution < 1.29 is 0 Å². The molecular weight excluding hydrogens is 323 g/mol. The van der Waals surface area contributed by atoms with Crippen LogP contribution in [0.25, 0.3) is 0 Å². The average molecular weight is 336 g/mol. The van der Waals surface area contributed by atoms with Crippen molar-refractivity contribution in [2.75, 3.05) is 10.6 Å². The summed E-state index contributed by atoms with van der Waals surface area (Å²) in [6, 6.07) is 14.8. The highest BCUT2D eigenvalue weighted by Gasteiger charge is 2.19. The van der Waals surface area contributed by atoms with Crippen LogP contribution in [0.15, 0.2) is 42.5 Å². The summed E-state index contributed by atoms with van der Waals surface area (Å²) >= 11 is 2.29. The molecular formula is C14H13IN2. The van der Waals surface area contributed by atoms with E-state index in [0.717, 1.165) is 24.5 Å². The largest absolute Gasteiger partial charge is 0.397 e. The maximum absolute atomic E-state index is 6.09. The molecule has 0 unspecified atom stereocenters. The minimum Gasteiger partial charge on any atom is -0.397 e. The first kappa shape index (κ1) is 10.9. The lowest BCUT2D eigenvalue weighted by Gasteiger charge is -2.19. The van der Waals surface area contributed by atoms with Crippen LogP contribution in [0.3, 0.4) is 0 Å². The lowest BCUT2D eigenvalue weighted by Crippen LogP contribution is -2.16. The van der Waals surface area contributed by atoms with E-state index >= 15 is 0 Å². The van der Waals surface area contributed by atoms with E-state index in [2.05, 4.69) is 63.9 Å². The zero-order chi connectivity index (χ0) is 11.8. The fraction of sp³-hybridized carbons (Fsp3) is 0.143. The van der Waals surface area contributed by atoms with E-state index in [1.807, 2.05) is 6.07 Å². The minimum absolute atomic E-state index is 0.865. The Hall–Kier alpha value is -1.23. The Labute approximate surface area is 115 Å². The maximum atomic E-state index is 6.09. The van der Waals surface area contributed by atoms with Crippen molar-refractivity contribution in [2.45, 2.75) is 13.1 Å². The summed E-state index contributed by atoms with van der Waals surface area (Å²) in [5.74, 6) is 0. The van der Waals surface area contributed by atoms with Gasteiger partial charge in [0.1, 0.15) is 0 Å². The fourth-order valence-electron chi connectivity index (χ4n) is 2.32. The van der Waals surface area contributed by atoms with Crippen molar-refractivity contribution in [2.24, 2.45) is 0 Å². The molecule has 0 bridgehead atoms. The summed E-state index contributed by atoms with van der Waals surface area (Å²) in [5.41, 5.74) is 10.9. The number of rotatable bonds is 1. The summed E-state index contributed by atoms with van der Waals surface area (Å²) in [5, 5.41) is 0. The molecule has 3 rings (SSSR count). The second-order valence-corrected chi connectivity index (χ2v) is 5.57. The van der Waals surface area contributed by atoms with Crippen molar-refractivity contribution in [1.29, 1.82) is 0 Å². The molecule has 0 fully saturated rings. The molecule has 2 aromatic carbocycles. The van der Waals surface area contributed by atoms with Crippen LogP contribution in [0.1, 0.15) is 11.1 Å². The van der Waals surface area contributed by atoms with Crippen LogP contribution in [-0.4, -0.2) is 0 Å². The number of anilines is 2. The predicted molar refractivity (Wildman–Crippen MR) is 79.9 cm³/mol. The zero-order valence-electron chi connectivity index (χ0n) is 9.36. The Bertz CT molecular complexity index is 541. The molecule has 1 aliphatic rings. The standard InChI is InChI=1S/C14H13IN2/c15-12-5-6-14(13(16)7-12)17-8-10-3-1-2-4-11(10)9-17/h1-7H,8-9,16H2. The minimum atomic E-state index is 0.865. The number of nitrogen functional groups attached to an aromatic ring is 1. The number of nitrogens with two attached hydrogens (primary N) is 1. The molecule has 86 valence electrons.